The average molecular weight is 251 g/mol. The zero-order valence-corrected chi connectivity index (χ0v) is 9.82. The van der Waals surface area contributed by atoms with Gasteiger partial charge in [0.25, 0.3) is 0 Å². The molecule has 0 aromatic heterocycles. The first-order valence-corrected chi connectivity index (χ1v) is 5.64. The summed E-state index contributed by atoms with van der Waals surface area (Å²) in [6.07, 6.45) is -3.90. The molecular formula is C10H21NO6. The number of rotatable bonds is 6. The van der Waals surface area contributed by atoms with E-state index in [2.05, 4.69) is 5.32 Å². The van der Waals surface area contributed by atoms with Crippen molar-refractivity contribution in [2.75, 3.05) is 26.9 Å². The van der Waals surface area contributed by atoms with Crippen molar-refractivity contribution < 1.29 is 29.9 Å². The van der Waals surface area contributed by atoms with Crippen LogP contribution < -0.4 is 5.32 Å². The molecule has 7 nitrogen and oxygen atoms in total. The van der Waals surface area contributed by atoms with Crippen LogP contribution in [0, 0.1) is 0 Å². The van der Waals surface area contributed by atoms with E-state index >= 15 is 0 Å². The molecule has 17 heavy (non-hydrogen) atoms. The van der Waals surface area contributed by atoms with Crippen molar-refractivity contribution in [2.24, 2.45) is 0 Å². The summed E-state index contributed by atoms with van der Waals surface area (Å²) in [5.74, 6) is 0. The van der Waals surface area contributed by atoms with Crippen LogP contribution in [0.25, 0.3) is 0 Å². The lowest BCUT2D eigenvalue weighted by Gasteiger charge is -2.40. The van der Waals surface area contributed by atoms with Crippen molar-refractivity contribution in [1.82, 2.24) is 5.32 Å². The molecule has 0 spiro atoms. The first-order valence-electron chi connectivity index (χ1n) is 5.64. The summed E-state index contributed by atoms with van der Waals surface area (Å²) in [6.45, 7) is 0.632. The Bertz CT molecular complexity index is 217. The van der Waals surface area contributed by atoms with Crippen molar-refractivity contribution in [3.05, 3.63) is 0 Å². The third kappa shape index (κ3) is 3.85. The molecular weight excluding hydrogens is 230 g/mol. The van der Waals surface area contributed by atoms with Crippen LogP contribution in [0.2, 0.25) is 0 Å². The zero-order chi connectivity index (χ0) is 12.8. The molecule has 1 aliphatic rings. The number of hydrogen-bond acceptors (Lipinski definition) is 7. The number of ether oxygens (including phenoxy) is 2. The Balaban J connectivity index is 2.43. The van der Waals surface area contributed by atoms with Crippen LogP contribution in [0.15, 0.2) is 0 Å². The molecule has 0 aromatic carbocycles. The van der Waals surface area contributed by atoms with Crippen molar-refractivity contribution in [1.29, 1.82) is 0 Å². The van der Waals surface area contributed by atoms with Gasteiger partial charge in [-0.25, -0.2) is 0 Å². The van der Waals surface area contributed by atoms with Gasteiger partial charge in [0.2, 0.25) is 0 Å². The second kappa shape index (κ2) is 7.22. The molecule has 1 aliphatic heterocycles. The number of hydrogen-bond donors (Lipinski definition) is 5. The van der Waals surface area contributed by atoms with Crippen LogP contribution in [0.1, 0.15) is 6.42 Å². The molecule has 102 valence electrons. The number of aliphatic hydroxyl groups excluding tert-OH is 4. The lowest BCUT2D eigenvalue weighted by atomic mass is 9.97. The van der Waals surface area contributed by atoms with E-state index in [0.717, 1.165) is 0 Å². The summed E-state index contributed by atoms with van der Waals surface area (Å²) < 4.78 is 9.85. The van der Waals surface area contributed by atoms with Gasteiger partial charge in [0.15, 0.2) is 6.29 Å². The Kier molecular flexibility index (Phi) is 6.28. The van der Waals surface area contributed by atoms with Crippen LogP contribution in [0.4, 0.5) is 0 Å². The van der Waals surface area contributed by atoms with E-state index in [1.807, 2.05) is 0 Å². The molecule has 1 fully saturated rings. The highest BCUT2D eigenvalue weighted by Crippen LogP contribution is 2.19. The van der Waals surface area contributed by atoms with Crippen molar-refractivity contribution >= 4 is 0 Å². The highest BCUT2D eigenvalue weighted by molar-refractivity contribution is 4.92. The fourth-order valence-electron chi connectivity index (χ4n) is 1.80. The Morgan fingerprint density at radius 2 is 1.94 bits per heavy atom. The third-order valence-electron chi connectivity index (χ3n) is 2.81. The molecule has 0 radical (unpaired) electrons. The summed E-state index contributed by atoms with van der Waals surface area (Å²) in [5, 5.41) is 40.8. The standard InChI is InChI=1S/C10H21NO6/c1-16-4-2-3-11-7-9(14)8(13)6(5-12)17-10(7)15/h6-15H,2-5H2,1H3/t6-,7-,8-,9-,10?/m1/s1. The molecule has 5 atom stereocenters. The molecule has 1 saturated heterocycles. The van der Waals surface area contributed by atoms with Gasteiger partial charge in [-0.1, -0.05) is 0 Å². The maximum Gasteiger partial charge on any atom is 0.173 e. The van der Waals surface area contributed by atoms with E-state index in [9.17, 15) is 15.3 Å². The van der Waals surface area contributed by atoms with Crippen LogP contribution in [-0.2, 0) is 9.47 Å². The average Bonchev–Trinajstić information content (AvgIpc) is 2.32. The summed E-state index contributed by atoms with van der Waals surface area (Å²) in [5.41, 5.74) is 0. The maximum atomic E-state index is 9.77. The quantitative estimate of drug-likeness (QED) is 0.329. The molecule has 0 bridgehead atoms. The van der Waals surface area contributed by atoms with Crippen LogP contribution in [-0.4, -0.2) is 77.9 Å². The smallest absolute Gasteiger partial charge is 0.173 e. The van der Waals surface area contributed by atoms with Gasteiger partial charge < -0.3 is 35.2 Å². The Hall–Kier alpha value is -0.280. The molecule has 1 unspecified atom stereocenters. The highest BCUT2D eigenvalue weighted by atomic mass is 16.6. The van der Waals surface area contributed by atoms with E-state index in [1.165, 1.54) is 0 Å². The summed E-state index contributed by atoms with van der Waals surface area (Å²) in [7, 11) is 1.59. The zero-order valence-electron chi connectivity index (χ0n) is 9.82. The van der Waals surface area contributed by atoms with Crippen molar-refractivity contribution in [3.63, 3.8) is 0 Å². The molecule has 7 heteroatoms. The van der Waals surface area contributed by atoms with Crippen LogP contribution in [0.5, 0.6) is 0 Å². The minimum Gasteiger partial charge on any atom is -0.394 e. The van der Waals surface area contributed by atoms with Gasteiger partial charge in [-0.15, -0.1) is 0 Å². The van der Waals surface area contributed by atoms with Crippen molar-refractivity contribution in [3.8, 4) is 0 Å². The van der Waals surface area contributed by atoms with E-state index in [1.54, 1.807) is 7.11 Å². The Morgan fingerprint density at radius 3 is 2.53 bits per heavy atom. The van der Waals surface area contributed by atoms with Gasteiger partial charge in [0.1, 0.15) is 18.3 Å². The van der Waals surface area contributed by atoms with Crippen molar-refractivity contribution in [2.45, 2.75) is 37.1 Å². The van der Waals surface area contributed by atoms with Gasteiger partial charge in [-0.2, -0.15) is 0 Å². The first-order chi connectivity index (χ1) is 8.11. The SMILES string of the molecule is COCCCN[C@H]1C(O)O[C@H](CO)[C@@H](O)[C@@H]1O. The minimum atomic E-state index is -1.26. The van der Waals surface area contributed by atoms with Gasteiger partial charge >= 0.3 is 0 Å². The molecule has 1 heterocycles. The van der Waals surface area contributed by atoms with Gasteiger partial charge in [-0.3, -0.25) is 0 Å². The predicted molar refractivity (Wildman–Crippen MR) is 58.3 cm³/mol. The topological polar surface area (TPSA) is 111 Å². The normalized spacial score (nSPS) is 38.3. The molecule has 0 aromatic rings. The van der Waals surface area contributed by atoms with Gasteiger partial charge in [0.05, 0.1) is 12.6 Å². The van der Waals surface area contributed by atoms with E-state index in [-0.39, 0.29) is 0 Å². The molecule has 0 saturated carbocycles. The summed E-state index contributed by atoms with van der Waals surface area (Å²) in [4.78, 5) is 0. The fourth-order valence-corrected chi connectivity index (χ4v) is 1.80. The number of methoxy groups -OCH3 is 1. The monoisotopic (exact) mass is 251 g/mol. The van der Waals surface area contributed by atoms with Gasteiger partial charge in [-0.05, 0) is 13.0 Å². The predicted octanol–water partition coefficient (Wildman–Crippen LogP) is -2.59. The Morgan fingerprint density at radius 1 is 1.24 bits per heavy atom. The van der Waals surface area contributed by atoms with E-state index in [4.69, 9.17) is 14.6 Å². The summed E-state index contributed by atoms with van der Waals surface area (Å²) >= 11 is 0. The van der Waals surface area contributed by atoms with Crippen LogP contribution >= 0.6 is 0 Å². The summed E-state index contributed by atoms with van der Waals surface area (Å²) in [6, 6.07) is -0.773. The minimum absolute atomic E-state index is 0.453. The van der Waals surface area contributed by atoms with E-state index < -0.39 is 37.3 Å². The highest BCUT2D eigenvalue weighted by Gasteiger charge is 2.43. The van der Waals surface area contributed by atoms with E-state index in [0.29, 0.717) is 19.6 Å². The molecule has 0 aliphatic carbocycles. The molecule has 5 N–H and O–H groups in total. The number of nitrogens with one attached hydrogen (secondary N) is 1. The van der Waals surface area contributed by atoms with Crippen LogP contribution in [0.3, 0.4) is 0 Å². The lowest BCUT2D eigenvalue weighted by molar-refractivity contribution is -0.254. The lowest BCUT2D eigenvalue weighted by Crippen LogP contribution is -2.63. The Labute approximate surface area is 100.0 Å². The van der Waals surface area contributed by atoms with Gasteiger partial charge in [0, 0.05) is 13.7 Å². The third-order valence-corrected chi connectivity index (χ3v) is 2.81. The number of aliphatic hydroxyl groups is 4. The first kappa shape index (κ1) is 14.8. The molecule has 1 rings (SSSR count). The molecule has 0 amide bonds. The fraction of sp³-hybridized carbons (Fsp3) is 1.00. The second-order valence-electron chi connectivity index (χ2n) is 4.06. The second-order valence-corrected chi connectivity index (χ2v) is 4.06. The maximum absolute atomic E-state index is 9.77. The largest absolute Gasteiger partial charge is 0.394 e.